The minimum absolute atomic E-state index is 0. The molecule has 0 aliphatic rings. The zero-order valence-electron chi connectivity index (χ0n) is 14.2. The number of likely N-dealkylation sites (N-methyl/N-ethyl adjacent to an activating group) is 1. The van der Waals surface area contributed by atoms with Crippen LogP contribution in [0.15, 0.2) is 29.3 Å². The Hall–Kier alpha value is -0.740. The van der Waals surface area contributed by atoms with Crippen LogP contribution in [0.4, 0.5) is 0 Å². The van der Waals surface area contributed by atoms with E-state index in [9.17, 15) is 8.42 Å². The fourth-order valence-corrected chi connectivity index (χ4v) is 2.27. The van der Waals surface area contributed by atoms with Gasteiger partial charge < -0.3 is 15.0 Å². The summed E-state index contributed by atoms with van der Waals surface area (Å²) >= 11 is 5.82. The highest BCUT2D eigenvalue weighted by Crippen LogP contribution is 2.15. The largest absolute Gasteiger partial charge is 0.492 e. The molecule has 1 rings (SSSR count). The van der Waals surface area contributed by atoms with Crippen molar-refractivity contribution in [3.63, 3.8) is 0 Å². The molecule has 138 valence electrons. The van der Waals surface area contributed by atoms with Gasteiger partial charge in [0.25, 0.3) is 0 Å². The second kappa shape index (κ2) is 11.8. The Morgan fingerprint density at radius 2 is 1.96 bits per heavy atom. The van der Waals surface area contributed by atoms with Crippen molar-refractivity contribution in [3.05, 3.63) is 29.3 Å². The SMILES string of the molecule is CCNC(=NCCS(C)(=O)=O)N(C)CCOc1ccc(Cl)cc1.I. The van der Waals surface area contributed by atoms with Gasteiger partial charge in [-0.15, -0.1) is 24.0 Å². The van der Waals surface area contributed by atoms with Crippen LogP contribution in [0.2, 0.25) is 5.02 Å². The number of sulfone groups is 1. The van der Waals surface area contributed by atoms with Gasteiger partial charge in [-0.3, -0.25) is 4.99 Å². The molecule has 0 radical (unpaired) electrons. The zero-order chi connectivity index (χ0) is 17.3. The van der Waals surface area contributed by atoms with Crippen LogP contribution in [0.5, 0.6) is 5.75 Å². The molecule has 0 atom stereocenters. The van der Waals surface area contributed by atoms with Gasteiger partial charge in [-0.05, 0) is 31.2 Å². The van der Waals surface area contributed by atoms with Crippen molar-refractivity contribution < 1.29 is 13.2 Å². The van der Waals surface area contributed by atoms with E-state index in [1.165, 1.54) is 6.26 Å². The summed E-state index contributed by atoms with van der Waals surface area (Å²) in [6.45, 7) is 4.01. The zero-order valence-corrected chi connectivity index (χ0v) is 18.1. The number of guanidine groups is 1. The predicted octanol–water partition coefficient (Wildman–Crippen LogP) is 2.28. The number of halogens is 2. The third-order valence-corrected chi connectivity index (χ3v) is 4.11. The van der Waals surface area contributed by atoms with Crippen molar-refractivity contribution in [3.8, 4) is 5.75 Å². The number of aliphatic imine (C=N–C) groups is 1. The Kier molecular flexibility index (Phi) is 11.4. The van der Waals surface area contributed by atoms with Crippen LogP contribution in [0, 0.1) is 0 Å². The van der Waals surface area contributed by atoms with Gasteiger partial charge in [0.1, 0.15) is 22.2 Å². The fourth-order valence-electron chi connectivity index (χ4n) is 1.72. The molecule has 1 N–H and O–H groups in total. The molecule has 6 nitrogen and oxygen atoms in total. The third kappa shape index (κ3) is 10.2. The van der Waals surface area contributed by atoms with E-state index < -0.39 is 9.84 Å². The molecule has 24 heavy (non-hydrogen) atoms. The van der Waals surface area contributed by atoms with Gasteiger partial charge in [0.15, 0.2) is 5.96 Å². The molecule has 0 saturated heterocycles. The molecule has 0 aliphatic carbocycles. The van der Waals surface area contributed by atoms with Crippen molar-refractivity contribution in [1.82, 2.24) is 10.2 Å². The molecule has 1 aromatic carbocycles. The lowest BCUT2D eigenvalue weighted by molar-refractivity contribution is 0.281. The van der Waals surface area contributed by atoms with Crippen LogP contribution in [-0.2, 0) is 9.84 Å². The summed E-state index contributed by atoms with van der Waals surface area (Å²) in [6, 6.07) is 7.18. The summed E-state index contributed by atoms with van der Waals surface area (Å²) in [4.78, 5) is 6.22. The third-order valence-electron chi connectivity index (χ3n) is 2.93. The van der Waals surface area contributed by atoms with Crippen LogP contribution < -0.4 is 10.1 Å². The normalized spacial score (nSPS) is 11.6. The average Bonchev–Trinajstić information content (AvgIpc) is 2.47. The van der Waals surface area contributed by atoms with Crippen LogP contribution in [-0.4, -0.2) is 64.6 Å². The fraction of sp³-hybridized carbons (Fsp3) is 0.533. The first kappa shape index (κ1) is 23.3. The highest BCUT2D eigenvalue weighted by Gasteiger charge is 2.07. The van der Waals surface area contributed by atoms with Gasteiger partial charge in [0, 0.05) is 24.9 Å². The Balaban J connectivity index is 0.00000529. The number of benzene rings is 1. The number of nitrogens with zero attached hydrogens (tertiary/aromatic N) is 2. The van der Waals surface area contributed by atoms with E-state index >= 15 is 0 Å². The maximum Gasteiger partial charge on any atom is 0.193 e. The van der Waals surface area contributed by atoms with Crippen LogP contribution in [0.1, 0.15) is 6.92 Å². The molecule has 0 spiro atoms. The van der Waals surface area contributed by atoms with Gasteiger partial charge in [0.05, 0.1) is 18.8 Å². The Labute approximate surface area is 166 Å². The smallest absolute Gasteiger partial charge is 0.193 e. The van der Waals surface area contributed by atoms with Crippen molar-refractivity contribution in [2.24, 2.45) is 4.99 Å². The first-order chi connectivity index (χ1) is 10.8. The van der Waals surface area contributed by atoms with Gasteiger partial charge in [0.2, 0.25) is 0 Å². The molecule has 0 bridgehead atoms. The van der Waals surface area contributed by atoms with E-state index in [4.69, 9.17) is 16.3 Å². The lowest BCUT2D eigenvalue weighted by Gasteiger charge is -2.22. The minimum Gasteiger partial charge on any atom is -0.492 e. The molecule has 0 amide bonds. The number of hydrogen-bond donors (Lipinski definition) is 1. The van der Waals surface area contributed by atoms with E-state index in [0.717, 1.165) is 5.75 Å². The first-order valence-electron chi connectivity index (χ1n) is 7.37. The van der Waals surface area contributed by atoms with E-state index in [1.54, 1.807) is 12.1 Å². The van der Waals surface area contributed by atoms with Gasteiger partial charge in [-0.25, -0.2) is 8.42 Å². The molecule has 1 aromatic rings. The summed E-state index contributed by atoms with van der Waals surface area (Å²) in [6.07, 6.45) is 1.21. The molecule has 0 heterocycles. The number of rotatable bonds is 8. The van der Waals surface area contributed by atoms with Crippen molar-refractivity contribution in [2.45, 2.75) is 6.92 Å². The van der Waals surface area contributed by atoms with Gasteiger partial charge >= 0.3 is 0 Å². The second-order valence-electron chi connectivity index (χ2n) is 5.09. The molecular formula is C15H25ClIN3O3S. The summed E-state index contributed by atoms with van der Waals surface area (Å²) in [5.74, 6) is 1.45. The van der Waals surface area contributed by atoms with Crippen LogP contribution in [0.25, 0.3) is 0 Å². The quantitative estimate of drug-likeness (QED) is 0.345. The van der Waals surface area contributed by atoms with Gasteiger partial charge in [-0.2, -0.15) is 0 Å². The number of nitrogens with one attached hydrogen (secondary N) is 1. The Bertz CT molecular complexity index is 609. The summed E-state index contributed by atoms with van der Waals surface area (Å²) < 4.78 is 28.0. The maximum atomic E-state index is 11.2. The number of hydrogen-bond acceptors (Lipinski definition) is 4. The lowest BCUT2D eigenvalue weighted by Crippen LogP contribution is -2.41. The summed E-state index contributed by atoms with van der Waals surface area (Å²) in [5, 5.41) is 3.80. The highest BCUT2D eigenvalue weighted by molar-refractivity contribution is 14.0. The molecule has 0 aliphatic heterocycles. The topological polar surface area (TPSA) is 71.0 Å². The minimum atomic E-state index is -3.01. The predicted molar refractivity (Wildman–Crippen MR) is 111 cm³/mol. The van der Waals surface area contributed by atoms with Crippen molar-refractivity contribution in [1.29, 1.82) is 0 Å². The highest BCUT2D eigenvalue weighted by atomic mass is 127. The molecule has 9 heteroatoms. The Morgan fingerprint density at radius 1 is 1.33 bits per heavy atom. The summed E-state index contributed by atoms with van der Waals surface area (Å²) in [7, 11) is -1.12. The van der Waals surface area contributed by atoms with E-state index in [1.807, 2.05) is 31.0 Å². The molecular weight excluding hydrogens is 465 g/mol. The summed E-state index contributed by atoms with van der Waals surface area (Å²) in [5.41, 5.74) is 0. The second-order valence-corrected chi connectivity index (χ2v) is 7.79. The van der Waals surface area contributed by atoms with E-state index in [0.29, 0.717) is 30.7 Å². The standard InChI is InChI=1S/C15H24ClN3O3S.HI/c1-4-17-15(18-9-12-23(3,20)21)19(2)10-11-22-14-7-5-13(16)6-8-14;/h5-8H,4,9-12H2,1-3H3,(H,17,18);1H. The molecule has 0 aromatic heterocycles. The number of ether oxygens (including phenoxy) is 1. The van der Waals surface area contributed by atoms with Crippen LogP contribution >= 0.6 is 35.6 Å². The first-order valence-corrected chi connectivity index (χ1v) is 9.81. The van der Waals surface area contributed by atoms with Crippen LogP contribution in [0.3, 0.4) is 0 Å². The Morgan fingerprint density at radius 3 is 2.50 bits per heavy atom. The molecule has 0 saturated carbocycles. The maximum absolute atomic E-state index is 11.2. The van der Waals surface area contributed by atoms with E-state index in [2.05, 4.69) is 10.3 Å². The lowest BCUT2D eigenvalue weighted by atomic mass is 10.3. The molecule has 0 unspecified atom stereocenters. The van der Waals surface area contributed by atoms with Gasteiger partial charge in [-0.1, -0.05) is 11.6 Å². The monoisotopic (exact) mass is 489 g/mol. The van der Waals surface area contributed by atoms with Crippen molar-refractivity contribution in [2.75, 3.05) is 45.3 Å². The van der Waals surface area contributed by atoms with Crippen molar-refractivity contribution >= 4 is 51.4 Å². The average molecular weight is 490 g/mol. The van der Waals surface area contributed by atoms with E-state index in [-0.39, 0.29) is 36.3 Å². The molecule has 0 fully saturated rings.